The van der Waals surface area contributed by atoms with Gasteiger partial charge < -0.3 is 4.98 Å². The molecule has 0 bridgehead atoms. The van der Waals surface area contributed by atoms with Crippen molar-refractivity contribution in [1.82, 2.24) is 9.97 Å². The van der Waals surface area contributed by atoms with Crippen molar-refractivity contribution in [3.05, 3.63) is 83.9 Å². The molecule has 0 fully saturated rings. The van der Waals surface area contributed by atoms with E-state index >= 15 is 0 Å². The highest BCUT2D eigenvalue weighted by atomic mass is 35.5. The van der Waals surface area contributed by atoms with Crippen molar-refractivity contribution in [2.45, 2.75) is 4.90 Å². The zero-order valence-corrected chi connectivity index (χ0v) is 15.8. The van der Waals surface area contributed by atoms with Gasteiger partial charge in [-0.05, 0) is 30.5 Å². The lowest BCUT2D eigenvalue weighted by atomic mass is 10.1. The molecule has 0 radical (unpaired) electrons. The third-order valence-electron chi connectivity index (χ3n) is 4.23. The van der Waals surface area contributed by atoms with Crippen LogP contribution in [0.2, 0.25) is 5.02 Å². The van der Waals surface area contributed by atoms with Gasteiger partial charge in [0.1, 0.15) is 5.82 Å². The van der Waals surface area contributed by atoms with E-state index in [4.69, 9.17) is 16.6 Å². The molecule has 26 heavy (non-hydrogen) atoms. The Balaban J connectivity index is 1.87. The fourth-order valence-electron chi connectivity index (χ4n) is 2.92. The normalized spacial score (nSPS) is 10.8. The Labute approximate surface area is 162 Å². The Kier molecular flexibility index (Phi) is 4.83. The van der Waals surface area contributed by atoms with Crippen molar-refractivity contribution in [3.63, 3.8) is 0 Å². The topological polar surface area (TPSA) is 28.7 Å². The quantitative estimate of drug-likeness (QED) is 0.397. The monoisotopic (exact) mass is 376 g/mol. The van der Waals surface area contributed by atoms with Crippen LogP contribution in [0.25, 0.3) is 33.9 Å². The van der Waals surface area contributed by atoms with Crippen molar-refractivity contribution >= 4 is 23.4 Å². The minimum Gasteiger partial charge on any atom is -0.337 e. The van der Waals surface area contributed by atoms with Crippen LogP contribution in [0.15, 0.2) is 83.8 Å². The molecule has 0 amide bonds. The molecule has 0 atom stereocenters. The van der Waals surface area contributed by atoms with E-state index in [1.165, 1.54) is 4.90 Å². The van der Waals surface area contributed by atoms with Crippen molar-refractivity contribution in [2.75, 3.05) is 6.26 Å². The Morgan fingerprint density at radius 3 is 2.23 bits per heavy atom. The van der Waals surface area contributed by atoms with E-state index < -0.39 is 0 Å². The number of benzene rings is 3. The third-order valence-corrected chi connectivity index (χ3v) is 5.21. The number of halogens is 1. The van der Waals surface area contributed by atoms with E-state index in [9.17, 15) is 0 Å². The molecule has 0 saturated carbocycles. The van der Waals surface area contributed by atoms with Gasteiger partial charge in [-0.3, -0.25) is 0 Å². The van der Waals surface area contributed by atoms with Crippen LogP contribution >= 0.6 is 23.4 Å². The van der Waals surface area contributed by atoms with E-state index in [0.717, 1.165) is 33.9 Å². The highest BCUT2D eigenvalue weighted by Gasteiger charge is 2.15. The fraction of sp³-hybridized carbons (Fsp3) is 0.0455. The minimum absolute atomic E-state index is 0.704. The summed E-state index contributed by atoms with van der Waals surface area (Å²) in [5.74, 6) is 0.853. The van der Waals surface area contributed by atoms with Gasteiger partial charge >= 0.3 is 0 Å². The molecule has 4 heteroatoms. The summed E-state index contributed by atoms with van der Waals surface area (Å²) >= 11 is 7.94. The summed E-state index contributed by atoms with van der Waals surface area (Å²) in [5.41, 5.74) is 5.06. The minimum atomic E-state index is 0.704. The van der Waals surface area contributed by atoms with E-state index in [-0.39, 0.29) is 0 Å². The number of thioether (sulfide) groups is 1. The van der Waals surface area contributed by atoms with Gasteiger partial charge in [-0.2, -0.15) is 0 Å². The zero-order chi connectivity index (χ0) is 17.9. The van der Waals surface area contributed by atoms with Crippen LogP contribution in [0.3, 0.4) is 0 Å². The van der Waals surface area contributed by atoms with Crippen molar-refractivity contribution in [3.8, 4) is 33.9 Å². The Hall–Kier alpha value is -2.49. The number of hydrogen-bond acceptors (Lipinski definition) is 2. The van der Waals surface area contributed by atoms with Gasteiger partial charge in [0.05, 0.1) is 11.4 Å². The number of aromatic amines is 1. The van der Waals surface area contributed by atoms with Crippen LogP contribution in [-0.2, 0) is 0 Å². The first-order chi connectivity index (χ1) is 12.7. The van der Waals surface area contributed by atoms with Gasteiger partial charge in [0.15, 0.2) is 0 Å². The van der Waals surface area contributed by atoms with E-state index in [1.807, 2.05) is 42.5 Å². The summed E-state index contributed by atoms with van der Waals surface area (Å²) in [4.78, 5) is 9.65. The van der Waals surface area contributed by atoms with E-state index in [2.05, 4.69) is 47.6 Å². The van der Waals surface area contributed by atoms with Crippen molar-refractivity contribution < 1.29 is 0 Å². The molecule has 1 N–H and O–H groups in total. The van der Waals surface area contributed by atoms with Gasteiger partial charge in [-0.1, -0.05) is 66.2 Å². The predicted molar refractivity (Wildman–Crippen MR) is 112 cm³/mol. The Morgan fingerprint density at radius 1 is 0.808 bits per heavy atom. The maximum absolute atomic E-state index is 6.21. The second-order valence-corrected chi connectivity index (χ2v) is 7.23. The molecule has 0 aliphatic heterocycles. The second kappa shape index (κ2) is 7.40. The molecule has 0 unspecified atom stereocenters. The number of H-pyrrole nitrogens is 1. The largest absolute Gasteiger partial charge is 0.337 e. The summed E-state index contributed by atoms with van der Waals surface area (Å²) in [5, 5.41) is 0.704. The number of aromatic nitrogens is 2. The van der Waals surface area contributed by atoms with Crippen LogP contribution in [-0.4, -0.2) is 16.2 Å². The number of nitrogens with one attached hydrogen (secondary N) is 1. The highest BCUT2D eigenvalue weighted by Crippen LogP contribution is 2.34. The summed E-state index contributed by atoms with van der Waals surface area (Å²) < 4.78 is 0. The molecule has 4 aromatic rings. The lowest BCUT2D eigenvalue weighted by molar-refractivity contribution is 1.30. The first-order valence-electron chi connectivity index (χ1n) is 8.30. The summed E-state index contributed by atoms with van der Waals surface area (Å²) in [6, 6.07) is 26.5. The van der Waals surface area contributed by atoms with Crippen LogP contribution in [0.4, 0.5) is 0 Å². The molecule has 0 aliphatic rings. The number of imidazole rings is 1. The van der Waals surface area contributed by atoms with Crippen molar-refractivity contribution in [2.24, 2.45) is 0 Å². The first kappa shape index (κ1) is 17.0. The predicted octanol–water partition coefficient (Wildman–Crippen LogP) is 6.79. The third kappa shape index (κ3) is 3.41. The highest BCUT2D eigenvalue weighted by molar-refractivity contribution is 7.98. The van der Waals surface area contributed by atoms with Gasteiger partial charge in [0, 0.05) is 26.6 Å². The lowest BCUT2D eigenvalue weighted by Gasteiger charge is -2.03. The van der Waals surface area contributed by atoms with Gasteiger partial charge in [0.25, 0.3) is 0 Å². The lowest BCUT2D eigenvalue weighted by Crippen LogP contribution is -1.83. The number of hydrogen-bond donors (Lipinski definition) is 1. The molecular weight excluding hydrogens is 360 g/mol. The van der Waals surface area contributed by atoms with Gasteiger partial charge in [-0.25, -0.2) is 4.98 Å². The molecule has 0 aliphatic carbocycles. The van der Waals surface area contributed by atoms with Gasteiger partial charge in [-0.15, -0.1) is 11.8 Å². The first-order valence-corrected chi connectivity index (χ1v) is 9.90. The van der Waals surface area contributed by atoms with E-state index in [0.29, 0.717) is 5.02 Å². The van der Waals surface area contributed by atoms with Gasteiger partial charge in [0.2, 0.25) is 0 Å². The fourth-order valence-corrected chi connectivity index (χ4v) is 3.52. The Morgan fingerprint density at radius 2 is 1.54 bits per heavy atom. The van der Waals surface area contributed by atoms with Crippen molar-refractivity contribution in [1.29, 1.82) is 0 Å². The van der Waals surface area contributed by atoms with Crippen LogP contribution in [0.5, 0.6) is 0 Å². The molecule has 1 aromatic heterocycles. The zero-order valence-electron chi connectivity index (χ0n) is 14.2. The smallest absolute Gasteiger partial charge is 0.138 e. The van der Waals surface area contributed by atoms with Crippen LogP contribution < -0.4 is 0 Å². The SMILES string of the molecule is CSc1ccc(-c2nc(-c3cccc(Cl)c3)c(-c3ccccc3)[nH]2)cc1. The van der Waals surface area contributed by atoms with Crippen LogP contribution in [0.1, 0.15) is 0 Å². The summed E-state index contributed by atoms with van der Waals surface area (Å²) in [7, 11) is 0. The Bertz CT molecular complexity index is 1020. The maximum atomic E-state index is 6.21. The number of nitrogens with zero attached hydrogens (tertiary/aromatic N) is 1. The molecule has 1 heterocycles. The average Bonchev–Trinajstić information content (AvgIpc) is 3.14. The molecule has 4 rings (SSSR count). The van der Waals surface area contributed by atoms with Crippen LogP contribution in [0, 0.1) is 0 Å². The standard InChI is InChI=1S/C22H17ClN2S/c1-26-19-12-10-16(11-13-19)22-24-20(15-6-3-2-4-7-15)21(25-22)17-8-5-9-18(23)14-17/h2-14H,1H3,(H,24,25). The molecule has 3 aromatic carbocycles. The molecule has 128 valence electrons. The molecule has 0 saturated heterocycles. The number of rotatable bonds is 4. The summed E-state index contributed by atoms with van der Waals surface area (Å²) in [6.45, 7) is 0. The molecule has 0 spiro atoms. The average molecular weight is 377 g/mol. The van der Waals surface area contributed by atoms with E-state index in [1.54, 1.807) is 11.8 Å². The second-order valence-electron chi connectivity index (χ2n) is 5.91. The maximum Gasteiger partial charge on any atom is 0.138 e. The summed E-state index contributed by atoms with van der Waals surface area (Å²) in [6.07, 6.45) is 2.08. The molecular formula is C22H17ClN2S. The molecule has 2 nitrogen and oxygen atoms in total.